The van der Waals surface area contributed by atoms with Crippen LogP contribution in [0.25, 0.3) is 0 Å². The van der Waals surface area contributed by atoms with Crippen molar-refractivity contribution in [2.45, 2.75) is 18.9 Å². The molecule has 0 fully saturated rings. The second-order valence-electron chi connectivity index (χ2n) is 3.08. The molecule has 0 spiro atoms. The number of nitrogens with zero attached hydrogens (tertiary/aromatic N) is 1. The van der Waals surface area contributed by atoms with Crippen LogP contribution in [0.5, 0.6) is 0 Å². The maximum atomic E-state index is 12.9. The Kier molecular flexibility index (Phi) is 5.86. The van der Waals surface area contributed by atoms with Crippen molar-refractivity contribution in [2.24, 2.45) is 5.73 Å². The highest BCUT2D eigenvalue weighted by atomic mass is 35.5. The molecular weight excluding hydrogens is 241 g/mol. The average molecular weight is 251 g/mol. The minimum absolute atomic E-state index is 0. The predicted molar refractivity (Wildman–Crippen MR) is 55.9 cm³/mol. The summed E-state index contributed by atoms with van der Waals surface area (Å²) >= 11 is 0. The zero-order valence-corrected chi connectivity index (χ0v) is 8.98. The van der Waals surface area contributed by atoms with Crippen molar-refractivity contribution >= 4 is 12.4 Å². The van der Waals surface area contributed by atoms with E-state index in [1.807, 2.05) is 0 Å². The number of hydrogen-bond donors (Lipinski definition) is 1. The molecule has 0 aliphatic carbocycles. The van der Waals surface area contributed by atoms with Gasteiger partial charge in [-0.15, -0.1) is 12.4 Å². The number of nitrogens with two attached hydrogens (primary N) is 1. The molecule has 88 valence electrons. The molecule has 0 aromatic heterocycles. The van der Waals surface area contributed by atoms with E-state index in [1.54, 1.807) is 6.07 Å². The third-order valence-electron chi connectivity index (χ3n) is 1.97. The van der Waals surface area contributed by atoms with Gasteiger partial charge in [-0.2, -0.15) is 5.26 Å². The van der Waals surface area contributed by atoms with Crippen LogP contribution in [-0.2, 0) is 0 Å². The van der Waals surface area contributed by atoms with E-state index in [0.717, 1.165) is 6.07 Å². The van der Waals surface area contributed by atoms with Crippen LogP contribution >= 0.6 is 12.4 Å². The second kappa shape index (κ2) is 6.36. The molecule has 1 aromatic rings. The lowest BCUT2D eigenvalue weighted by molar-refractivity contribution is 0.128. The summed E-state index contributed by atoms with van der Waals surface area (Å²) in [7, 11) is 0. The van der Waals surface area contributed by atoms with E-state index in [2.05, 4.69) is 0 Å². The summed E-state index contributed by atoms with van der Waals surface area (Å²) in [6.45, 7) is 0. The van der Waals surface area contributed by atoms with Crippen molar-refractivity contribution in [2.75, 3.05) is 0 Å². The fourth-order valence-electron chi connectivity index (χ4n) is 1.19. The van der Waals surface area contributed by atoms with Gasteiger partial charge in [0, 0.05) is 12.5 Å². The Hall–Kier alpha value is -1.25. The number of halogens is 4. The van der Waals surface area contributed by atoms with Crippen molar-refractivity contribution in [3.63, 3.8) is 0 Å². The maximum absolute atomic E-state index is 12.9. The van der Waals surface area contributed by atoms with Gasteiger partial charge in [0.15, 0.2) is 0 Å². The molecule has 0 unspecified atom stereocenters. The van der Waals surface area contributed by atoms with Crippen LogP contribution in [0.15, 0.2) is 18.2 Å². The Balaban J connectivity index is 0.00000225. The monoisotopic (exact) mass is 250 g/mol. The quantitative estimate of drug-likeness (QED) is 0.897. The fourth-order valence-corrected chi connectivity index (χ4v) is 1.19. The van der Waals surface area contributed by atoms with Crippen molar-refractivity contribution < 1.29 is 13.2 Å². The van der Waals surface area contributed by atoms with Crippen LogP contribution in [-0.4, -0.2) is 6.43 Å². The second-order valence-corrected chi connectivity index (χ2v) is 3.08. The van der Waals surface area contributed by atoms with Crippen molar-refractivity contribution in [3.8, 4) is 6.07 Å². The van der Waals surface area contributed by atoms with E-state index in [9.17, 15) is 13.2 Å². The van der Waals surface area contributed by atoms with Gasteiger partial charge in [0.2, 0.25) is 6.43 Å². The Bertz CT molecular complexity index is 390. The van der Waals surface area contributed by atoms with E-state index < -0.39 is 24.7 Å². The van der Waals surface area contributed by atoms with Gasteiger partial charge in [-0.3, -0.25) is 0 Å². The Morgan fingerprint density at radius 2 is 2.00 bits per heavy atom. The molecular formula is C10H10ClF3N2. The average Bonchev–Trinajstić information content (AvgIpc) is 2.17. The number of benzene rings is 1. The molecule has 16 heavy (non-hydrogen) atoms. The summed E-state index contributed by atoms with van der Waals surface area (Å²) < 4.78 is 36.9. The summed E-state index contributed by atoms with van der Waals surface area (Å²) in [6, 6.07) is 4.31. The largest absolute Gasteiger partial charge is 0.324 e. The van der Waals surface area contributed by atoms with Crippen LogP contribution in [0, 0.1) is 17.1 Å². The molecule has 1 rings (SSSR count). The van der Waals surface area contributed by atoms with E-state index in [-0.39, 0.29) is 18.0 Å². The molecule has 0 saturated heterocycles. The summed E-state index contributed by atoms with van der Waals surface area (Å²) in [5, 5.41) is 8.53. The van der Waals surface area contributed by atoms with Crippen LogP contribution in [0.4, 0.5) is 13.2 Å². The minimum atomic E-state index is -2.52. The minimum Gasteiger partial charge on any atom is -0.324 e. The molecule has 0 heterocycles. The molecule has 6 heteroatoms. The van der Waals surface area contributed by atoms with E-state index in [1.165, 1.54) is 12.1 Å². The lowest BCUT2D eigenvalue weighted by atomic mass is 10.0. The van der Waals surface area contributed by atoms with Crippen molar-refractivity contribution in [1.82, 2.24) is 0 Å². The number of nitriles is 1. The molecule has 0 amide bonds. The standard InChI is InChI=1S/C10H9F3N2.ClH/c11-8-2-1-6(3-7(8)5-14)9(15)4-10(12)13;/h1-3,9-10H,4,15H2;1H/t9-;/m0./s1. The molecule has 0 aliphatic heterocycles. The molecule has 1 atom stereocenters. The first-order chi connectivity index (χ1) is 7.04. The first-order valence-corrected chi connectivity index (χ1v) is 4.28. The normalized spacial score (nSPS) is 11.8. The topological polar surface area (TPSA) is 49.8 Å². The molecule has 0 bridgehead atoms. The number of hydrogen-bond acceptors (Lipinski definition) is 2. The number of alkyl halides is 2. The van der Waals surface area contributed by atoms with Gasteiger partial charge in [0.25, 0.3) is 0 Å². The van der Waals surface area contributed by atoms with Crippen LogP contribution in [0.2, 0.25) is 0 Å². The zero-order chi connectivity index (χ0) is 11.4. The summed E-state index contributed by atoms with van der Waals surface area (Å²) in [6.07, 6.45) is -3.02. The van der Waals surface area contributed by atoms with Gasteiger partial charge in [-0.25, -0.2) is 13.2 Å². The van der Waals surface area contributed by atoms with E-state index in [4.69, 9.17) is 11.0 Å². The summed E-state index contributed by atoms with van der Waals surface area (Å²) in [4.78, 5) is 0. The van der Waals surface area contributed by atoms with Gasteiger partial charge in [-0.05, 0) is 17.7 Å². The summed E-state index contributed by atoms with van der Waals surface area (Å²) in [5.41, 5.74) is 5.62. The van der Waals surface area contributed by atoms with Gasteiger partial charge in [-0.1, -0.05) is 6.07 Å². The van der Waals surface area contributed by atoms with Gasteiger partial charge >= 0.3 is 0 Å². The zero-order valence-electron chi connectivity index (χ0n) is 8.16. The Morgan fingerprint density at radius 3 is 2.50 bits per heavy atom. The highest BCUT2D eigenvalue weighted by molar-refractivity contribution is 5.85. The van der Waals surface area contributed by atoms with Crippen LogP contribution < -0.4 is 5.73 Å². The van der Waals surface area contributed by atoms with E-state index in [0.29, 0.717) is 5.56 Å². The molecule has 2 N–H and O–H groups in total. The van der Waals surface area contributed by atoms with Crippen molar-refractivity contribution in [3.05, 3.63) is 35.1 Å². The highest BCUT2D eigenvalue weighted by Crippen LogP contribution is 2.20. The molecule has 2 nitrogen and oxygen atoms in total. The van der Waals surface area contributed by atoms with Gasteiger partial charge < -0.3 is 5.73 Å². The lowest BCUT2D eigenvalue weighted by Gasteiger charge is -2.11. The first-order valence-electron chi connectivity index (χ1n) is 4.28. The van der Waals surface area contributed by atoms with Crippen LogP contribution in [0.1, 0.15) is 23.6 Å². The summed E-state index contributed by atoms with van der Waals surface area (Å²) in [5.74, 6) is -0.675. The molecule has 1 aromatic carbocycles. The maximum Gasteiger partial charge on any atom is 0.240 e. The molecule has 0 aliphatic rings. The first kappa shape index (κ1) is 14.8. The third-order valence-corrected chi connectivity index (χ3v) is 1.97. The third kappa shape index (κ3) is 3.72. The molecule has 0 saturated carbocycles. The Morgan fingerprint density at radius 1 is 1.38 bits per heavy atom. The van der Waals surface area contributed by atoms with Gasteiger partial charge in [0.05, 0.1) is 5.56 Å². The SMILES string of the molecule is Cl.N#Cc1cc([C@@H](N)CC(F)F)ccc1F. The highest BCUT2D eigenvalue weighted by Gasteiger charge is 2.14. The van der Waals surface area contributed by atoms with E-state index >= 15 is 0 Å². The van der Waals surface area contributed by atoms with Gasteiger partial charge in [0.1, 0.15) is 11.9 Å². The smallest absolute Gasteiger partial charge is 0.240 e. The number of rotatable bonds is 3. The fraction of sp³-hybridized carbons (Fsp3) is 0.300. The Labute approximate surface area is 97.3 Å². The lowest BCUT2D eigenvalue weighted by Crippen LogP contribution is -2.14. The molecule has 0 radical (unpaired) electrons. The predicted octanol–water partition coefficient (Wildman–Crippen LogP) is 2.77. The van der Waals surface area contributed by atoms with Crippen molar-refractivity contribution in [1.29, 1.82) is 5.26 Å². The van der Waals surface area contributed by atoms with Crippen LogP contribution in [0.3, 0.4) is 0 Å².